The summed E-state index contributed by atoms with van der Waals surface area (Å²) in [6, 6.07) is 0. The number of anilines is 2. The topological polar surface area (TPSA) is 59.1 Å². The van der Waals surface area contributed by atoms with Gasteiger partial charge >= 0.3 is 6.18 Å². The molecule has 0 unspecified atom stereocenters. The average molecular weight is 264 g/mol. The number of rotatable bonds is 6. The van der Waals surface area contributed by atoms with Crippen molar-refractivity contribution in [3.8, 4) is 0 Å². The monoisotopic (exact) mass is 264 g/mol. The predicted molar refractivity (Wildman–Crippen MR) is 61.7 cm³/mol. The van der Waals surface area contributed by atoms with E-state index in [9.17, 15) is 13.2 Å². The molecule has 0 spiro atoms. The Morgan fingerprint density at radius 2 is 2.11 bits per heavy atom. The molecule has 8 heteroatoms. The Hall–Kier alpha value is -1.57. The van der Waals surface area contributed by atoms with Crippen molar-refractivity contribution in [2.75, 3.05) is 37.4 Å². The van der Waals surface area contributed by atoms with Crippen molar-refractivity contribution in [1.82, 2.24) is 9.97 Å². The van der Waals surface area contributed by atoms with E-state index in [2.05, 4.69) is 25.3 Å². The molecule has 0 aromatic carbocycles. The van der Waals surface area contributed by atoms with Gasteiger partial charge in [0.2, 0.25) is 5.95 Å². The lowest BCUT2D eigenvalue weighted by Gasteiger charge is -2.10. The molecule has 0 fully saturated rings. The van der Waals surface area contributed by atoms with Crippen LogP contribution in [0.2, 0.25) is 0 Å². The molecule has 1 aromatic heterocycles. The predicted octanol–water partition coefficient (Wildman–Crippen LogP) is 1.82. The summed E-state index contributed by atoms with van der Waals surface area (Å²) in [6.07, 6.45) is -2.66. The van der Waals surface area contributed by atoms with Crippen LogP contribution >= 0.6 is 0 Å². The van der Waals surface area contributed by atoms with E-state index >= 15 is 0 Å². The van der Waals surface area contributed by atoms with Gasteiger partial charge in [-0.3, -0.25) is 0 Å². The van der Waals surface area contributed by atoms with E-state index in [0.29, 0.717) is 11.8 Å². The van der Waals surface area contributed by atoms with Crippen LogP contribution in [-0.2, 0) is 4.74 Å². The highest BCUT2D eigenvalue weighted by Gasteiger charge is 2.27. The number of aromatic nitrogens is 2. The summed E-state index contributed by atoms with van der Waals surface area (Å²) in [5.74, 6) is 1.02. The highest BCUT2D eigenvalue weighted by molar-refractivity contribution is 5.46. The van der Waals surface area contributed by atoms with E-state index in [4.69, 9.17) is 0 Å². The molecule has 0 saturated heterocycles. The minimum Gasteiger partial charge on any atom is -0.370 e. The second-order valence-electron chi connectivity index (χ2n) is 3.57. The third-order valence-electron chi connectivity index (χ3n) is 2.00. The van der Waals surface area contributed by atoms with Crippen LogP contribution in [0.25, 0.3) is 0 Å². The molecule has 0 radical (unpaired) electrons. The van der Waals surface area contributed by atoms with Crippen molar-refractivity contribution in [2.45, 2.75) is 13.1 Å². The van der Waals surface area contributed by atoms with E-state index in [1.165, 1.54) is 0 Å². The lowest BCUT2D eigenvalue weighted by atomic mass is 10.3. The van der Waals surface area contributed by atoms with Gasteiger partial charge in [0.1, 0.15) is 12.4 Å². The molecule has 0 saturated carbocycles. The molecule has 0 aliphatic rings. The molecule has 0 aliphatic heterocycles. The Balaban J connectivity index is 2.35. The first-order valence-electron chi connectivity index (χ1n) is 5.32. The number of alkyl halides is 3. The number of hydrogen-bond acceptors (Lipinski definition) is 5. The summed E-state index contributed by atoms with van der Waals surface area (Å²) in [6.45, 7) is 0.770. The first kappa shape index (κ1) is 14.5. The third-order valence-corrected chi connectivity index (χ3v) is 2.00. The van der Waals surface area contributed by atoms with Crippen LogP contribution in [-0.4, -0.2) is 43.0 Å². The van der Waals surface area contributed by atoms with Gasteiger partial charge in [-0.1, -0.05) is 0 Å². The fraction of sp³-hybridized carbons (Fsp3) is 0.600. The van der Waals surface area contributed by atoms with Crippen molar-refractivity contribution in [3.63, 3.8) is 0 Å². The summed E-state index contributed by atoms with van der Waals surface area (Å²) >= 11 is 0. The zero-order chi connectivity index (χ0) is 13.6. The second-order valence-corrected chi connectivity index (χ2v) is 3.57. The number of aryl methyl sites for hydroxylation is 1. The van der Waals surface area contributed by atoms with Gasteiger partial charge in [-0.15, -0.1) is 0 Å². The van der Waals surface area contributed by atoms with Crippen molar-refractivity contribution in [2.24, 2.45) is 0 Å². The van der Waals surface area contributed by atoms with Crippen LogP contribution in [0.15, 0.2) is 6.20 Å². The summed E-state index contributed by atoms with van der Waals surface area (Å²) in [5, 5.41) is 5.66. The Kier molecular flexibility index (Phi) is 5.14. The Bertz CT molecular complexity index is 384. The van der Waals surface area contributed by atoms with E-state index in [0.717, 1.165) is 5.56 Å². The molecule has 0 aliphatic carbocycles. The number of ether oxygens (including phenoxy) is 1. The maximum atomic E-state index is 11.8. The lowest BCUT2D eigenvalue weighted by Crippen LogP contribution is -2.20. The van der Waals surface area contributed by atoms with Crippen LogP contribution in [0.5, 0.6) is 0 Å². The van der Waals surface area contributed by atoms with Gasteiger partial charge in [-0.25, -0.2) is 4.98 Å². The van der Waals surface area contributed by atoms with Crippen LogP contribution in [0.1, 0.15) is 5.56 Å². The standard InChI is InChI=1S/C10H15F3N4O/c1-7-5-16-9(14-2)17-8(7)15-3-4-18-6-10(11,12)13/h5H,3-4,6H2,1-2H3,(H2,14,15,16,17). The molecule has 0 atom stereocenters. The largest absolute Gasteiger partial charge is 0.411 e. The zero-order valence-electron chi connectivity index (χ0n) is 10.1. The van der Waals surface area contributed by atoms with E-state index < -0.39 is 12.8 Å². The van der Waals surface area contributed by atoms with Crippen LogP contribution in [0.3, 0.4) is 0 Å². The number of hydrogen-bond donors (Lipinski definition) is 2. The molecule has 102 valence electrons. The van der Waals surface area contributed by atoms with Gasteiger partial charge in [0, 0.05) is 25.4 Å². The summed E-state index contributed by atoms with van der Waals surface area (Å²) in [7, 11) is 1.68. The SMILES string of the molecule is CNc1ncc(C)c(NCCOCC(F)(F)F)n1. The molecule has 1 aromatic rings. The molecule has 0 amide bonds. The van der Waals surface area contributed by atoms with Gasteiger partial charge in [0.25, 0.3) is 0 Å². The molecular weight excluding hydrogens is 249 g/mol. The van der Waals surface area contributed by atoms with Gasteiger partial charge < -0.3 is 15.4 Å². The van der Waals surface area contributed by atoms with Crippen LogP contribution < -0.4 is 10.6 Å². The maximum absolute atomic E-state index is 11.8. The number of halogens is 3. The van der Waals surface area contributed by atoms with E-state index in [1.807, 2.05) is 0 Å². The van der Waals surface area contributed by atoms with Crippen molar-refractivity contribution < 1.29 is 17.9 Å². The minimum atomic E-state index is -4.29. The normalized spacial score (nSPS) is 11.4. The highest BCUT2D eigenvalue weighted by Crippen LogP contribution is 2.14. The maximum Gasteiger partial charge on any atom is 0.411 e. The Labute approximate surface area is 103 Å². The van der Waals surface area contributed by atoms with Gasteiger partial charge in [-0.05, 0) is 6.92 Å². The summed E-state index contributed by atoms with van der Waals surface area (Å²) in [4.78, 5) is 8.12. The minimum absolute atomic E-state index is 0.0438. The van der Waals surface area contributed by atoms with Gasteiger partial charge in [0.15, 0.2) is 0 Å². The Morgan fingerprint density at radius 3 is 2.72 bits per heavy atom. The van der Waals surface area contributed by atoms with Crippen molar-refractivity contribution >= 4 is 11.8 Å². The molecular formula is C10H15F3N4O. The lowest BCUT2D eigenvalue weighted by molar-refractivity contribution is -0.172. The highest BCUT2D eigenvalue weighted by atomic mass is 19.4. The molecule has 5 nitrogen and oxygen atoms in total. The Morgan fingerprint density at radius 1 is 1.39 bits per heavy atom. The first-order chi connectivity index (χ1) is 8.42. The van der Waals surface area contributed by atoms with E-state index in [-0.39, 0.29) is 13.2 Å². The van der Waals surface area contributed by atoms with Gasteiger partial charge in [-0.2, -0.15) is 18.2 Å². The molecule has 18 heavy (non-hydrogen) atoms. The fourth-order valence-corrected chi connectivity index (χ4v) is 1.17. The van der Waals surface area contributed by atoms with Gasteiger partial charge in [0.05, 0.1) is 6.61 Å². The van der Waals surface area contributed by atoms with Crippen LogP contribution in [0.4, 0.5) is 24.9 Å². The quantitative estimate of drug-likeness (QED) is 0.767. The van der Waals surface area contributed by atoms with Crippen LogP contribution in [0, 0.1) is 6.92 Å². The summed E-state index contributed by atoms with van der Waals surface area (Å²) in [5.41, 5.74) is 0.810. The molecule has 0 bridgehead atoms. The van der Waals surface area contributed by atoms with Crippen molar-refractivity contribution in [1.29, 1.82) is 0 Å². The van der Waals surface area contributed by atoms with E-state index in [1.54, 1.807) is 20.2 Å². The number of nitrogens with one attached hydrogen (secondary N) is 2. The molecule has 1 rings (SSSR count). The number of nitrogens with zero attached hydrogens (tertiary/aromatic N) is 2. The third kappa shape index (κ3) is 5.17. The second kappa shape index (κ2) is 6.39. The fourth-order valence-electron chi connectivity index (χ4n) is 1.17. The van der Waals surface area contributed by atoms with Crippen molar-refractivity contribution in [3.05, 3.63) is 11.8 Å². The zero-order valence-corrected chi connectivity index (χ0v) is 10.1. The smallest absolute Gasteiger partial charge is 0.370 e. The molecule has 1 heterocycles. The molecule has 2 N–H and O–H groups in total. The average Bonchev–Trinajstić information content (AvgIpc) is 2.29. The summed E-state index contributed by atoms with van der Waals surface area (Å²) < 4.78 is 39.9. The first-order valence-corrected chi connectivity index (χ1v) is 5.32.